The lowest BCUT2D eigenvalue weighted by atomic mass is 10.2. The zero-order valence-corrected chi connectivity index (χ0v) is 15.5. The molecule has 0 fully saturated rings. The molecule has 26 heavy (non-hydrogen) atoms. The lowest BCUT2D eigenvalue weighted by Gasteiger charge is -2.17. The van der Waals surface area contributed by atoms with Gasteiger partial charge in [-0.2, -0.15) is 10.2 Å². The van der Waals surface area contributed by atoms with Crippen molar-refractivity contribution in [3.05, 3.63) is 73.7 Å². The van der Waals surface area contributed by atoms with Crippen LogP contribution in [0.3, 0.4) is 0 Å². The molecule has 0 bridgehead atoms. The molecule has 0 radical (unpaired) electrons. The quantitative estimate of drug-likeness (QED) is 0.740. The number of carbonyl (C=O) groups excluding carboxylic acids is 1. The number of carbonyl (C=O) groups is 1. The van der Waals surface area contributed by atoms with Gasteiger partial charge in [-0.15, -0.1) is 0 Å². The molecule has 1 amide bonds. The zero-order valence-electron chi connectivity index (χ0n) is 14.0. The molecular formula is C17H15Cl2N5O2. The van der Waals surface area contributed by atoms with E-state index in [2.05, 4.69) is 15.3 Å². The van der Waals surface area contributed by atoms with Crippen molar-refractivity contribution in [1.29, 1.82) is 0 Å². The first-order valence-corrected chi connectivity index (χ1v) is 8.42. The Kier molecular flexibility index (Phi) is 5.11. The molecule has 0 atom stereocenters. The van der Waals surface area contributed by atoms with Gasteiger partial charge in [-0.1, -0.05) is 29.3 Å². The second kappa shape index (κ2) is 7.31. The predicted molar refractivity (Wildman–Crippen MR) is 99.0 cm³/mol. The van der Waals surface area contributed by atoms with Crippen LogP contribution < -0.4 is 5.56 Å². The summed E-state index contributed by atoms with van der Waals surface area (Å²) in [5, 5.41) is 11.4. The number of halogens is 2. The highest BCUT2D eigenvalue weighted by molar-refractivity contribution is 6.42. The Labute approximate surface area is 159 Å². The average Bonchev–Trinajstić information content (AvgIpc) is 2.99. The highest BCUT2D eigenvalue weighted by Gasteiger charge is 2.19. The van der Waals surface area contributed by atoms with Gasteiger partial charge in [-0.05, 0) is 30.7 Å². The maximum absolute atomic E-state index is 12.8. The Morgan fingerprint density at radius 1 is 1.23 bits per heavy atom. The van der Waals surface area contributed by atoms with Crippen molar-refractivity contribution in [2.45, 2.75) is 13.5 Å². The third-order valence-corrected chi connectivity index (χ3v) is 4.61. The molecule has 7 nitrogen and oxygen atoms in total. The number of H-pyrrole nitrogens is 1. The molecule has 0 aliphatic heterocycles. The van der Waals surface area contributed by atoms with Crippen LogP contribution in [0.1, 0.15) is 21.6 Å². The summed E-state index contributed by atoms with van der Waals surface area (Å²) >= 11 is 11.9. The smallest absolute Gasteiger partial charge is 0.264 e. The summed E-state index contributed by atoms with van der Waals surface area (Å²) in [7, 11) is 1.69. The van der Waals surface area contributed by atoms with Crippen LogP contribution in [-0.2, 0) is 6.54 Å². The molecule has 1 N–H and O–H groups in total. The number of amides is 1. The van der Waals surface area contributed by atoms with Gasteiger partial charge >= 0.3 is 0 Å². The summed E-state index contributed by atoms with van der Waals surface area (Å²) in [6.45, 7) is 2.14. The van der Waals surface area contributed by atoms with Crippen LogP contribution >= 0.6 is 23.2 Å². The summed E-state index contributed by atoms with van der Waals surface area (Å²) in [6, 6.07) is 8.13. The number of nitrogens with zero attached hydrogens (tertiary/aromatic N) is 4. The summed E-state index contributed by atoms with van der Waals surface area (Å²) in [6.07, 6.45) is 1.48. The van der Waals surface area contributed by atoms with Gasteiger partial charge in [0.05, 0.1) is 27.5 Å². The standard InChI is InChI=1S/C17H15Cl2N5O2/c1-10-12(8-20-24(10)15-5-6-16(25)22-21-15)17(26)23(2)9-11-3-4-13(18)14(19)7-11/h3-8H,9H2,1-2H3,(H,22,25). The van der Waals surface area contributed by atoms with E-state index < -0.39 is 0 Å². The topological polar surface area (TPSA) is 83.9 Å². The summed E-state index contributed by atoms with van der Waals surface area (Å²) in [5.41, 5.74) is 1.62. The number of aromatic amines is 1. The largest absolute Gasteiger partial charge is 0.337 e. The monoisotopic (exact) mass is 391 g/mol. The van der Waals surface area contributed by atoms with Gasteiger partial charge in [0, 0.05) is 19.7 Å². The van der Waals surface area contributed by atoms with E-state index in [1.807, 2.05) is 6.07 Å². The highest BCUT2D eigenvalue weighted by atomic mass is 35.5. The molecule has 9 heteroatoms. The third kappa shape index (κ3) is 3.63. The first-order chi connectivity index (χ1) is 12.4. The Bertz CT molecular complexity index is 1010. The molecule has 0 saturated heterocycles. The predicted octanol–water partition coefficient (Wildman–Crippen LogP) is 2.84. The van der Waals surface area contributed by atoms with Crippen molar-refractivity contribution in [2.75, 3.05) is 7.05 Å². The van der Waals surface area contributed by atoms with Crippen LogP contribution in [0.4, 0.5) is 0 Å². The van der Waals surface area contributed by atoms with E-state index in [-0.39, 0.29) is 11.5 Å². The van der Waals surface area contributed by atoms with Crippen molar-refractivity contribution < 1.29 is 4.79 Å². The molecule has 1 aromatic carbocycles. The van der Waals surface area contributed by atoms with Gasteiger partial charge in [-0.3, -0.25) is 9.59 Å². The highest BCUT2D eigenvalue weighted by Crippen LogP contribution is 2.23. The van der Waals surface area contributed by atoms with Crippen LogP contribution in [0, 0.1) is 6.92 Å². The van der Waals surface area contributed by atoms with E-state index in [9.17, 15) is 9.59 Å². The minimum atomic E-state index is -0.309. The van der Waals surface area contributed by atoms with Gasteiger partial charge in [0.1, 0.15) is 0 Å². The molecule has 0 aliphatic rings. The van der Waals surface area contributed by atoms with E-state index in [1.165, 1.54) is 23.0 Å². The van der Waals surface area contributed by atoms with Gasteiger partial charge < -0.3 is 4.90 Å². The molecule has 3 rings (SSSR count). The molecule has 0 spiro atoms. The van der Waals surface area contributed by atoms with Crippen molar-refractivity contribution in [3.8, 4) is 5.82 Å². The van der Waals surface area contributed by atoms with Gasteiger partial charge in [0.25, 0.3) is 11.5 Å². The van der Waals surface area contributed by atoms with Crippen molar-refractivity contribution in [1.82, 2.24) is 24.9 Å². The van der Waals surface area contributed by atoms with Crippen LogP contribution in [0.5, 0.6) is 0 Å². The number of hydrogen-bond acceptors (Lipinski definition) is 4. The molecule has 3 aromatic rings. The van der Waals surface area contributed by atoms with Crippen LogP contribution in [0.25, 0.3) is 5.82 Å². The van der Waals surface area contributed by atoms with Gasteiger partial charge in [0.2, 0.25) is 0 Å². The Morgan fingerprint density at radius 3 is 2.65 bits per heavy atom. The van der Waals surface area contributed by atoms with Crippen LogP contribution in [-0.4, -0.2) is 37.8 Å². The van der Waals surface area contributed by atoms with Gasteiger partial charge in [-0.25, -0.2) is 9.78 Å². The fourth-order valence-electron chi connectivity index (χ4n) is 2.49. The minimum absolute atomic E-state index is 0.191. The van der Waals surface area contributed by atoms with Crippen molar-refractivity contribution >= 4 is 29.1 Å². The van der Waals surface area contributed by atoms with E-state index in [0.29, 0.717) is 33.7 Å². The normalized spacial score (nSPS) is 10.8. The van der Waals surface area contributed by atoms with E-state index in [1.54, 1.807) is 31.0 Å². The molecule has 2 aromatic heterocycles. The lowest BCUT2D eigenvalue weighted by Crippen LogP contribution is -2.26. The molecule has 2 heterocycles. The van der Waals surface area contributed by atoms with E-state index in [0.717, 1.165) is 5.56 Å². The van der Waals surface area contributed by atoms with Crippen LogP contribution in [0.2, 0.25) is 10.0 Å². The Morgan fingerprint density at radius 2 is 2.00 bits per heavy atom. The molecule has 134 valence electrons. The fourth-order valence-corrected chi connectivity index (χ4v) is 2.82. The van der Waals surface area contributed by atoms with E-state index in [4.69, 9.17) is 23.2 Å². The molecular weight excluding hydrogens is 377 g/mol. The first-order valence-electron chi connectivity index (χ1n) is 7.67. The number of aromatic nitrogens is 4. The summed E-state index contributed by atoms with van der Waals surface area (Å²) in [5.74, 6) is 0.234. The first kappa shape index (κ1) is 18.2. The van der Waals surface area contributed by atoms with Gasteiger partial charge in [0.15, 0.2) is 5.82 Å². The lowest BCUT2D eigenvalue weighted by molar-refractivity contribution is 0.0784. The minimum Gasteiger partial charge on any atom is -0.337 e. The molecule has 0 aliphatic carbocycles. The third-order valence-electron chi connectivity index (χ3n) is 3.87. The summed E-state index contributed by atoms with van der Waals surface area (Å²) < 4.78 is 1.50. The van der Waals surface area contributed by atoms with Crippen LogP contribution in [0.15, 0.2) is 41.3 Å². The molecule has 0 unspecified atom stereocenters. The Hall–Kier alpha value is -2.64. The SMILES string of the molecule is Cc1c(C(=O)N(C)Cc2ccc(Cl)c(Cl)c2)cnn1-c1ccc(=O)[nH]n1. The Balaban J connectivity index is 1.82. The second-order valence-electron chi connectivity index (χ2n) is 5.74. The second-order valence-corrected chi connectivity index (χ2v) is 6.56. The maximum Gasteiger partial charge on any atom is 0.264 e. The average molecular weight is 392 g/mol. The number of hydrogen-bond donors (Lipinski definition) is 1. The number of rotatable bonds is 4. The molecule has 0 saturated carbocycles. The zero-order chi connectivity index (χ0) is 18.8. The van der Waals surface area contributed by atoms with E-state index >= 15 is 0 Å². The maximum atomic E-state index is 12.8. The summed E-state index contributed by atoms with van der Waals surface area (Å²) in [4.78, 5) is 25.5. The fraction of sp³-hybridized carbons (Fsp3) is 0.176. The number of benzene rings is 1. The number of nitrogens with one attached hydrogen (secondary N) is 1. The van der Waals surface area contributed by atoms with Crippen molar-refractivity contribution in [3.63, 3.8) is 0 Å². The van der Waals surface area contributed by atoms with Crippen molar-refractivity contribution in [2.24, 2.45) is 0 Å².